The minimum absolute atomic E-state index is 0.0472. The number of rotatable bonds is 4. The van der Waals surface area contributed by atoms with Crippen molar-refractivity contribution in [1.29, 1.82) is 0 Å². The summed E-state index contributed by atoms with van der Waals surface area (Å²) in [5.74, 6) is -0.558. The zero-order valence-electron chi connectivity index (χ0n) is 13.2. The Kier molecular flexibility index (Phi) is 4.84. The third-order valence-corrected chi connectivity index (χ3v) is 5.48. The maximum Gasteiger partial charge on any atom is 0.511 e. The fraction of sp³-hybridized carbons (Fsp3) is 0.267. The molecule has 1 radical (unpaired) electrons. The van der Waals surface area contributed by atoms with E-state index in [-0.39, 0.29) is 18.5 Å². The number of halogens is 4. The SMILES string of the molecule is O=S(=O)(N1CC=C(c2c(F)cccc2[CH]n2ccnn2)CC1)C(F)(F)F. The number of aromatic nitrogens is 3. The summed E-state index contributed by atoms with van der Waals surface area (Å²) in [4.78, 5) is 0. The summed E-state index contributed by atoms with van der Waals surface area (Å²) < 4.78 is 76.9. The summed E-state index contributed by atoms with van der Waals surface area (Å²) in [6.45, 7) is 0.657. The van der Waals surface area contributed by atoms with Gasteiger partial charge >= 0.3 is 15.5 Å². The van der Waals surface area contributed by atoms with Crippen molar-refractivity contribution in [2.24, 2.45) is 0 Å². The summed E-state index contributed by atoms with van der Waals surface area (Å²) in [6.07, 6.45) is 4.23. The van der Waals surface area contributed by atoms with Crippen LogP contribution in [0.3, 0.4) is 0 Å². The van der Waals surface area contributed by atoms with Crippen molar-refractivity contribution in [2.45, 2.75) is 11.9 Å². The molecule has 2 aromatic rings. The van der Waals surface area contributed by atoms with Crippen LogP contribution in [-0.4, -0.2) is 46.3 Å². The van der Waals surface area contributed by atoms with E-state index in [1.54, 1.807) is 12.3 Å². The lowest BCUT2D eigenvalue weighted by molar-refractivity contribution is -0.0486. The molecule has 0 unspecified atom stereocenters. The Balaban J connectivity index is 1.89. The number of alkyl halides is 3. The van der Waals surface area contributed by atoms with Crippen molar-refractivity contribution in [3.05, 3.63) is 60.2 Å². The number of nitrogens with zero attached hydrogens (tertiary/aromatic N) is 4. The zero-order chi connectivity index (χ0) is 18.9. The highest BCUT2D eigenvalue weighted by molar-refractivity contribution is 7.90. The molecule has 26 heavy (non-hydrogen) atoms. The summed E-state index contributed by atoms with van der Waals surface area (Å²) in [7, 11) is -5.40. The zero-order valence-corrected chi connectivity index (χ0v) is 14.0. The largest absolute Gasteiger partial charge is 0.511 e. The van der Waals surface area contributed by atoms with E-state index in [2.05, 4.69) is 10.3 Å². The summed E-state index contributed by atoms with van der Waals surface area (Å²) in [5, 5.41) is 7.39. The van der Waals surface area contributed by atoms with Gasteiger partial charge in [0.05, 0.1) is 6.20 Å². The molecule has 0 bridgehead atoms. The first-order chi connectivity index (χ1) is 12.2. The van der Waals surface area contributed by atoms with Gasteiger partial charge in [0.2, 0.25) is 0 Å². The maximum absolute atomic E-state index is 14.4. The molecule has 0 aliphatic carbocycles. The normalized spacial score (nSPS) is 16.5. The van der Waals surface area contributed by atoms with Crippen LogP contribution in [0.25, 0.3) is 5.57 Å². The van der Waals surface area contributed by atoms with E-state index in [1.807, 2.05) is 0 Å². The Morgan fingerprint density at radius 2 is 2.00 bits per heavy atom. The van der Waals surface area contributed by atoms with Gasteiger partial charge in [0, 0.05) is 24.8 Å². The lowest BCUT2D eigenvalue weighted by atomic mass is 9.95. The highest BCUT2D eigenvalue weighted by atomic mass is 32.2. The van der Waals surface area contributed by atoms with Gasteiger partial charge in [-0.2, -0.15) is 17.5 Å². The Bertz CT molecular complexity index is 924. The second-order valence-corrected chi connectivity index (χ2v) is 7.43. The van der Waals surface area contributed by atoms with E-state index in [0.717, 1.165) is 0 Å². The second-order valence-electron chi connectivity index (χ2n) is 5.50. The predicted octanol–water partition coefficient (Wildman–Crippen LogP) is 2.41. The summed E-state index contributed by atoms with van der Waals surface area (Å²) in [6, 6.07) is 4.35. The monoisotopic (exact) mass is 389 g/mol. The molecule has 1 aromatic carbocycles. The smallest absolute Gasteiger partial charge is 0.243 e. The third kappa shape index (κ3) is 3.49. The minimum Gasteiger partial charge on any atom is -0.243 e. The molecule has 139 valence electrons. The molecule has 3 rings (SSSR count). The van der Waals surface area contributed by atoms with Crippen molar-refractivity contribution in [2.75, 3.05) is 13.1 Å². The van der Waals surface area contributed by atoms with E-state index >= 15 is 0 Å². The lowest BCUT2D eigenvalue weighted by Gasteiger charge is -2.27. The third-order valence-electron chi connectivity index (χ3n) is 3.88. The summed E-state index contributed by atoms with van der Waals surface area (Å²) in [5.41, 5.74) is -4.27. The van der Waals surface area contributed by atoms with E-state index in [9.17, 15) is 26.0 Å². The average molecular weight is 389 g/mol. The maximum atomic E-state index is 14.4. The molecule has 6 nitrogen and oxygen atoms in total. The first-order valence-corrected chi connectivity index (χ1v) is 8.89. The molecular weight excluding hydrogens is 376 g/mol. The highest BCUT2D eigenvalue weighted by Gasteiger charge is 2.50. The first-order valence-electron chi connectivity index (χ1n) is 7.45. The average Bonchev–Trinajstić information content (AvgIpc) is 3.07. The standard InChI is InChI=1S/C15H13F4N4O2S/c16-13-3-1-2-12(10-22-9-6-20-21-22)14(13)11-4-7-23(8-5-11)26(24,25)15(17,18)19/h1-4,6,9-10H,5,7-8H2. The van der Waals surface area contributed by atoms with Crippen molar-refractivity contribution >= 4 is 15.6 Å². The van der Waals surface area contributed by atoms with Crippen molar-refractivity contribution in [3.63, 3.8) is 0 Å². The molecule has 1 aliphatic rings. The predicted molar refractivity (Wildman–Crippen MR) is 84.4 cm³/mol. The van der Waals surface area contributed by atoms with Gasteiger partial charge in [-0.05, 0) is 23.6 Å². The quantitative estimate of drug-likeness (QED) is 0.754. The second kappa shape index (κ2) is 6.80. The van der Waals surface area contributed by atoms with Crippen LogP contribution in [-0.2, 0) is 10.0 Å². The van der Waals surface area contributed by atoms with E-state index in [0.29, 0.717) is 15.4 Å². The van der Waals surface area contributed by atoms with Crippen LogP contribution in [0.15, 0.2) is 36.7 Å². The molecule has 1 aromatic heterocycles. The van der Waals surface area contributed by atoms with Crippen molar-refractivity contribution in [3.8, 4) is 0 Å². The van der Waals surface area contributed by atoms with Crippen molar-refractivity contribution in [1.82, 2.24) is 19.3 Å². The Morgan fingerprint density at radius 1 is 1.23 bits per heavy atom. The fourth-order valence-corrected chi connectivity index (χ4v) is 3.55. The molecule has 1 aliphatic heterocycles. The highest BCUT2D eigenvalue weighted by Crippen LogP contribution is 2.33. The number of sulfonamides is 1. The topological polar surface area (TPSA) is 68.1 Å². The van der Waals surface area contributed by atoms with Crippen LogP contribution in [0, 0.1) is 12.4 Å². The summed E-state index contributed by atoms with van der Waals surface area (Å²) >= 11 is 0. The first kappa shape index (κ1) is 18.5. The Morgan fingerprint density at radius 3 is 2.58 bits per heavy atom. The van der Waals surface area contributed by atoms with Crippen molar-refractivity contribution < 1.29 is 26.0 Å². The van der Waals surface area contributed by atoms with Crippen LogP contribution >= 0.6 is 0 Å². The van der Waals surface area contributed by atoms with E-state index in [4.69, 9.17) is 0 Å². The van der Waals surface area contributed by atoms with Gasteiger partial charge in [0.25, 0.3) is 0 Å². The Hall–Kier alpha value is -2.27. The van der Waals surface area contributed by atoms with Crippen LogP contribution < -0.4 is 0 Å². The van der Waals surface area contributed by atoms with Gasteiger partial charge < -0.3 is 0 Å². The molecule has 0 saturated carbocycles. The Labute approximate surface area is 146 Å². The molecular formula is C15H13F4N4O2S. The molecule has 11 heteroatoms. The van der Waals surface area contributed by atoms with Crippen LogP contribution in [0.1, 0.15) is 17.5 Å². The molecule has 0 fully saturated rings. The van der Waals surface area contributed by atoms with Gasteiger partial charge in [-0.25, -0.2) is 17.5 Å². The van der Waals surface area contributed by atoms with Gasteiger partial charge in [-0.1, -0.05) is 23.4 Å². The van der Waals surface area contributed by atoms with Crippen LogP contribution in [0.5, 0.6) is 0 Å². The molecule has 0 atom stereocenters. The van der Waals surface area contributed by atoms with E-state index in [1.165, 1.54) is 35.6 Å². The van der Waals surface area contributed by atoms with Gasteiger partial charge in [0.15, 0.2) is 0 Å². The lowest BCUT2D eigenvalue weighted by Crippen LogP contribution is -2.42. The van der Waals surface area contributed by atoms with Gasteiger partial charge in [0.1, 0.15) is 12.4 Å². The van der Waals surface area contributed by atoms with Crippen LogP contribution in [0.2, 0.25) is 0 Å². The number of hydrogen-bond acceptors (Lipinski definition) is 4. The molecule has 0 saturated heterocycles. The van der Waals surface area contributed by atoms with Crippen LogP contribution in [0.4, 0.5) is 17.6 Å². The molecule has 0 spiro atoms. The molecule has 0 N–H and O–H groups in total. The number of benzene rings is 1. The minimum atomic E-state index is -5.40. The molecule has 2 heterocycles. The van der Waals surface area contributed by atoms with E-state index < -0.39 is 27.9 Å². The fourth-order valence-electron chi connectivity index (χ4n) is 2.66. The number of hydrogen-bond donors (Lipinski definition) is 0. The van der Waals surface area contributed by atoms with Gasteiger partial charge in [-0.3, -0.25) is 0 Å². The van der Waals surface area contributed by atoms with Gasteiger partial charge in [-0.15, -0.1) is 5.10 Å². The molecule has 0 amide bonds.